The molecule has 0 radical (unpaired) electrons. The number of nitrogen functional groups attached to an aromatic ring is 1. The molecule has 0 unspecified atom stereocenters. The second kappa shape index (κ2) is 5.26. The molecule has 0 aliphatic rings. The van der Waals surface area contributed by atoms with Crippen LogP contribution in [-0.2, 0) is 0 Å². The average Bonchev–Trinajstić information content (AvgIpc) is 2.34. The fraction of sp³-hybridized carbons (Fsp3) is 0. The number of amides is 1. The Balaban J connectivity index is 2.37. The lowest BCUT2D eigenvalue weighted by atomic mass is 10.1. The molecule has 2 aromatic rings. The number of halogens is 1. The molecule has 4 nitrogen and oxygen atoms in total. The van der Waals surface area contributed by atoms with Gasteiger partial charge in [0.05, 0.1) is 17.1 Å². The Bertz CT molecular complexity index is 599. The third kappa shape index (κ3) is 2.73. The highest BCUT2D eigenvalue weighted by molar-refractivity contribution is 14.1. The maximum Gasteiger partial charge on any atom is 0.248 e. The van der Waals surface area contributed by atoms with Crippen LogP contribution in [0.3, 0.4) is 0 Å². The van der Waals surface area contributed by atoms with E-state index < -0.39 is 5.91 Å². The van der Waals surface area contributed by atoms with Crippen LogP contribution in [0.15, 0.2) is 42.5 Å². The molecule has 0 fully saturated rings. The molecule has 1 amide bonds. The van der Waals surface area contributed by atoms with Crippen LogP contribution in [0.5, 0.6) is 0 Å². The summed E-state index contributed by atoms with van der Waals surface area (Å²) in [6.45, 7) is 0. The lowest BCUT2D eigenvalue weighted by Gasteiger charge is -2.11. The second-order valence-electron chi connectivity index (χ2n) is 3.77. The van der Waals surface area contributed by atoms with E-state index in [1.165, 1.54) is 0 Å². The molecule has 18 heavy (non-hydrogen) atoms. The van der Waals surface area contributed by atoms with Gasteiger partial charge in [-0.1, -0.05) is 12.1 Å². The predicted octanol–water partition coefficient (Wildman–Crippen LogP) is 2.72. The van der Waals surface area contributed by atoms with E-state index >= 15 is 0 Å². The van der Waals surface area contributed by atoms with E-state index in [0.717, 1.165) is 9.26 Å². The zero-order valence-electron chi connectivity index (χ0n) is 9.48. The highest BCUT2D eigenvalue weighted by atomic mass is 127. The standard InChI is InChI=1S/C13H12IN3O/c14-9-3-1-2-4-11(9)17-12-7-8(13(16)18)5-6-10(12)15/h1-7,17H,15H2,(H2,16,18). The fourth-order valence-electron chi connectivity index (χ4n) is 1.53. The fourth-order valence-corrected chi connectivity index (χ4v) is 2.05. The van der Waals surface area contributed by atoms with Gasteiger partial charge in [-0.05, 0) is 52.9 Å². The number of carbonyl (C=O) groups is 1. The van der Waals surface area contributed by atoms with Crippen LogP contribution in [0, 0.1) is 3.57 Å². The van der Waals surface area contributed by atoms with Crippen LogP contribution >= 0.6 is 22.6 Å². The van der Waals surface area contributed by atoms with Crippen molar-refractivity contribution < 1.29 is 4.79 Å². The van der Waals surface area contributed by atoms with Crippen molar-refractivity contribution >= 4 is 45.6 Å². The smallest absolute Gasteiger partial charge is 0.248 e. The molecule has 5 heteroatoms. The van der Waals surface area contributed by atoms with Gasteiger partial charge in [0.2, 0.25) is 5.91 Å². The molecule has 0 aliphatic heterocycles. The van der Waals surface area contributed by atoms with E-state index in [9.17, 15) is 4.79 Å². The number of nitrogens with two attached hydrogens (primary N) is 2. The van der Waals surface area contributed by atoms with Gasteiger partial charge < -0.3 is 16.8 Å². The second-order valence-corrected chi connectivity index (χ2v) is 4.93. The van der Waals surface area contributed by atoms with E-state index in [1.54, 1.807) is 18.2 Å². The summed E-state index contributed by atoms with van der Waals surface area (Å²) in [7, 11) is 0. The van der Waals surface area contributed by atoms with Crippen molar-refractivity contribution in [2.75, 3.05) is 11.1 Å². The van der Waals surface area contributed by atoms with Gasteiger partial charge in [-0.2, -0.15) is 0 Å². The van der Waals surface area contributed by atoms with Crippen molar-refractivity contribution in [1.82, 2.24) is 0 Å². The molecule has 0 heterocycles. The van der Waals surface area contributed by atoms with Crippen LogP contribution in [0.2, 0.25) is 0 Å². The maximum atomic E-state index is 11.1. The van der Waals surface area contributed by atoms with Crippen molar-refractivity contribution in [2.24, 2.45) is 5.73 Å². The normalized spacial score (nSPS) is 10.1. The summed E-state index contributed by atoms with van der Waals surface area (Å²) in [5.41, 5.74) is 13.7. The summed E-state index contributed by atoms with van der Waals surface area (Å²) in [6.07, 6.45) is 0. The van der Waals surface area contributed by atoms with Gasteiger partial charge in [-0.3, -0.25) is 4.79 Å². The largest absolute Gasteiger partial charge is 0.397 e. The number of carbonyl (C=O) groups excluding carboxylic acids is 1. The van der Waals surface area contributed by atoms with E-state index in [4.69, 9.17) is 11.5 Å². The number of nitrogens with one attached hydrogen (secondary N) is 1. The number of hydrogen-bond donors (Lipinski definition) is 3. The van der Waals surface area contributed by atoms with Gasteiger partial charge in [-0.25, -0.2) is 0 Å². The first kappa shape index (κ1) is 12.7. The Labute approximate surface area is 119 Å². The van der Waals surface area contributed by atoms with Crippen molar-refractivity contribution in [3.05, 3.63) is 51.6 Å². The highest BCUT2D eigenvalue weighted by Gasteiger charge is 2.06. The minimum atomic E-state index is -0.471. The number of hydrogen-bond acceptors (Lipinski definition) is 3. The molecule has 0 bridgehead atoms. The molecule has 0 aliphatic carbocycles. The quantitative estimate of drug-likeness (QED) is 0.586. The van der Waals surface area contributed by atoms with E-state index in [1.807, 2.05) is 24.3 Å². The summed E-state index contributed by atoms with van der Waals surface area (Å²) in [4.78, 5) is 11.1. The molecule has 0 spiro atoms. The molecule has 0 saturated heterocycles. The Kier molecular flexibility index (Phi) is 3.71. The van der Waals surface area contributed by atoms with Crippen molar-refractivity contribution in [3.63, 3.8) is 0 Å². The Hall–Kier alpha value is -1.76. The third-order valence-corrected chi connectivity index (χ3v) is 3.42. The van der Waals surface area contributed by atoms with Gasteiger partial charge >= 0.3 is 0 Å². The SMILES string of the molecule is NC(=O)c1ccc(N)c(Nc2ccccc2I)c1. The highest BCUT2D eigenvalue weighted by Crippen LogP contribution is 2.27. The summed E-state index contributed by atoms with van der Waals surface area (Å²) >= 11 is 2.23. The minimum absolute atomic E-state index is 0.428. The Morgan fingerprint density at radius 3 is 2.50 bits per heavy atom. The summed E-state index contributed by atoms with van der Waals surface area (Å²) in [6, 6.07) is 12.7. The first-order valence-corrected chi connectivity index (χ1v) is 6.36. The molecule has 92 valence electrons. The molecular weight excluding hydrogens is 341 g/mol. The number of anilines is 3. The van der Waals surface area contributed by atoms with Gasteiger partial charge in [0.15, 0.2) is 0 Å². The van der Waals surface area contributed by atoms with Crippen molar-refractivity contribution in [3.8, 4) is 0 Å². The van der Waals surface area contributed by atoms with E-state index in [-0.39, 0.29) is 0 Å². The van der Waals surface area contributed by atoms with Crippen molar-refractivity contribution in [2.45, 2.75) is 0 Å². The van der Waals surface area contributed by atoms with E-state index in [0.29, 0.717) is 16.9 Å². The summed E-state index contributed by atoms with van der Waals surface area (Å²) in [5, 5.41) is 3.20. The van der Waals surface area contributed by atoms with Gasteiger partial charge in [0.25, 0.3) is 0 Å². The Morgan fingerprint density at radius 1 is 1.11 bits per heavy atom. The van der Waals surface area contributed by atoms with Crippen LogP contribution in [0.1, 0.15) is 10.4 Å². The first-order valence-electron chi connectivity index (χ1n) is 5.29. The monoisotopic (exact) mass is 353 g/mol. The summed E-state index contributed by atoms with van der Waals surface area (Å²) < 4.78 is 1.07. The number of para-hydroxylation sites is 1. The molecular formula is C13H12IN3O. The lowest BCUT2D eigenvalue weighted by molar-refractivity contribution is 0.100. The van der Waals surface area contributed by atoms with Gasteiger partial charge in [0, 0.05) is 9.13 Å². The Morgan fingerprint density at radius 2 is 1.83 bits per heavy atom. The van der Waals surface area contributed by atoms with Crippen LogP contribution < -0.4 is 16.8 Å². The minimum Gasteiger partial charge on any atom is -0.397 e. The van der Waals surface area contributed by atoms with Crippen molar-refractivity contribution in [1.29, 1.82) is 0 Å². The van der Waals surface area contributed by atoms with Crippen LogP contribution in [-0.4, -0.2) is 5.91 Å². The number of rotatable bonds is 3. The predicted molar refractivity (Wildman–Crippen MR) is 81.8 cm³/mol. The summed E-state index contributed by atoms with van der Waals surface area (Å²) in [5.74, 6) is -0.471. The van der Waals surface area contributed by atoms with Crippen LogP contribution in [0.4, 0.5) is 17.1 Å². The van der Waals surface area contributed by atoms with Crippen LogP contribution in [0.25, 0.3) is 0 Å². The number of benzene rings is 2. The molecule has 5 N–H and O–H groups in total. The molecule has 2 aromatic carbocycles. The molecule has 0 atom stereocenters. The lowest BCUT2D eigenvalue weighted by Crippen LogP contribution is -2.11. The average molecular weight is 353 g/mol. The zero-order chi connectivity index (χ0) is 13.1. The maximum absolute atomic E-state index is 11.1. The third-order valence-electron chi connectivity index (χ3n) is 2.48. The topological polar surface area (TPSA) is 81.1 Å². The molecule has 2 rings (SSSR count). The van der Waals surface area contributed by atoms with E-state index in [2.05, 4.69) is 27.9 Å². The molecule has 0 aromatic heterocycles. The first-order chi connectivity index (χ1) is 8.58. The number of primary amides is 1. The van der Waals surface area contributed by atoms with Gasteiger partial charge in [0.1, 0.15) is 0 Å². The molecule has 0 saturated carbocycles. The van der Waals surface area contributed by atoms with Gasteiger partial charge in [-0.15, -0.1) is 0 Å². The zero-order valence-corrected chi connectivity index (χ0v) is 11.6.